The lowest BCUT2D eigenvalue weighted by Crippen LogP contribution is -1.76. The van der Waals surface area contributed by atoms with Gasteiger partial charge < -0.3 is 0 Å². The molecule has 0 radical (unpaired) electrons. The predicted octanol–water partition coefficient (Wildman–Crippen LogP) is 3.78. The molecule has 0 N–H and O–H groups in total. The summed E-state index contributed by atoms with van der Waals surface area (Å²) >= 11 is 1.88. The van der Waals surface area contributed by atoms with Crippen molar-refractivity contribution in [3.8, 4) is 0 Å². The highest BCUT2D eigenvalue weighted by molar-refractivity contribution is 7.17. The molecule has 0 amide bonds. The third-order valence-corrected chi connectivity index (χ3v) is 3.51. The number of rotatable bonds is 1. The van der Waals surface area contributed by atoms with Gasteiger partial charge in [-0.15, -0.1) is 11.3 Å². The Morgan fingerprint density at radius 3 is 2.92 bits per heavy atom. The van der Waals surface area contributed by atoms with E-state index in [2.05, 4.69) is 29.6 Å². The molecule has 1 aliphatic rings. The van der Waals surface area contributed by atoms with Crippen LogP contribution in [0.1, 0.15) is 24.3 Å². The molecular formula is C11H10S. The van der Waals surface area contributed by atoms with Crippen LogP contribution in [0.2, 0.25) is 0 Å². The normalized spacial score (nSPS) is 17.0. The Labute approximate surface area is 75.8 Å². The van der Waals surface area contributed by atoms with Gasteiger partial charge in [0, 0.05) is 4.70 Å². The van der Waals surface area contributed by atoms with Crippen LogP contribution in [0.4, 0.5) is 0 Å². The van der Waals surface area contributed by atoms with Crippen LogP contribution in [0.15, 0.2) is 29.6 Å². The van der Waals surface area contributed by atoms with Crippen molar-refractivity contribution < 1.29 is 0 Å². The fraction of sp³-hybridized carbons (Fsp3) is 0.273. The molecule has 0 bridgehead atoms. The van der Waals surface area contributed by atoms with E-state index in [-0.39, 0.29) is 0 Å². The maximum Gasteiger partial charge on any atom is 0.0377 e. The highest BCUT2D eigenvalue weighted by atomic mass is 32.1. The lowest BCUT2D eigenvalue weighted by atomic mass is 10.1. The summed E-state index contributed by atoms with van der Waals surface area (Å²) in [7, 11) is 0. The molecule has 1 aliphatic carbocycles. The average Bonchev–Trinajstić information content (AvgIpc) is 2.82. The molecule has 1 aromatic carbocycles. The number of benzene rings is 1. The second-order valence-electron chi connectivity index (χ2n) is 3.46. The van der Waals surface area contributed by atoms with Crippen LogP contribution in [0.25, 0.3) is 10.1 Å². The summed E-state index contributed by atoms with van der Waals surface area (Å²) < 4.78 is 1.51. The van der Waals surface area contributed by atoms with Crippen molar-refractivity contribution in [2.24, 2.45) is 0 Å². The van der Waals surface area contributed by atoms with Crippen LogP contribution in [0.3, 0.4) is 0 Å². The zero-order valence-corrected chi connectivity index (χ0v) is 7.60. The lowest BCUT2D eigenvalue weighted by Gasteiger charge is -1.98. The van der Waals surface area contributed by atoms with Crippen LogP contribution in [0.5, 0.6) is 0 Å². The summed E-state index contributed by atoms with van der Waals surface area (Å²) in [6.07, 6.45) is 2.80. The molecule has 0 atom stereocenters. The molecule has 60 valence electrons. The molecule has 0 unspecified atom stereocenters. The molecule has 2 aromatic rings. The summed E-state index contributed by atoms with van der Waals surface area (Å²) in [6, 6.07) is 8.89. The first-order chi connectivity index (χ1) is 5.95. The Hall–Kier alpha value is -0.820. The fourth-order valence-corrected chi connectivity index (χ4v) is 2.73. The quantitative estimate of drug-likeness (QED) is 0.617. The van der Waals surface area contributed by atoms with Crippen molar-refractivity contribution in [2.45, 2.75) is 18.8 Å². The molecule has 0 aliphatic heterocycles. The average molecular weight is 174 g/mol. The molecule has 0 saturated heterocycles. The lowest BCUT2D eigenvalue weighted by molar-refractivity contribution is 1.16. The van der Waals surface area contributed by atoms with E-state index in [4.69, 9.17) is 0 Å². The molecule has 1 saturated carbocycles. The van der Waals surface area contributed by atoms with Crippen molar-refractivity contribution in [2.75, 3.05) is 0 Å². The molecular weight excluding hydrogens is 164 g/mol. The minimum atomic E-state index is 0.882. The maximum absolute atomic E-state index is 2.29. The highest BCUT2D eigenvalue weighted by Gasteiger charge is 2.25. The number of hydrogen-bond donors (Lipinski definition) is 0. The summed E-state index contributed by atoms with van der Waals surface area (Å²) in [4.78, 5) is 0. The Morgan fingerprint density at radius 2 is 2.08 bits per heavy atom. The number of thiophene rings is 1. The Bertz CT molecular complexity index is 410. The van der Waals surface area contributed by atoms with Gasteiger partial charge in [-0.25, -0.2) is 0 Å². The fourth-order valence-electron chi connectivity index (χ4n) is 1.73. The zero-order valence-electron chi connectivity index (χ0n) is 6.79. The van der Waals surface area contributed by atoms with Crippen LogP contribution in [-0.4, -0.2) is 0 Å². The van der Waals surface area contributed by atoms with Gasteiger partial charge in [0.25, 0.3) is 0 Å². The van der Waals surface area contributed by atoms with Gasteiger partial charge in [-0.2, -0.15) is 0 Å². The zero-order chi connectivity index (χ0) is 7.97. The molecule has 0 spiro atoms. The number of fused-ring (bicyclic) bond motifs is 1. The predicted molar refractivity (Wildman–Crippen MR) is 53.8 cm³/mol. The standard InChI is InChI=1S/C11H10S/c1-2-9-6-7-12-11(9)10(3-1)8-4-5-8/h1-3,6-8H,4-5H2. The topological polar surface area (TPSA) is 0 Å². The summed E-state index contributed by atoms with van der Waals surface area (Å²) in [6.45, 7) is 0. The Kier molecular flexibility index (Phi) is 1.30. The molecule has 1 fully saturated rings. The molecule has 0 nitrogen and oxygen atoms in total. The molecule has 3 rings (SSSR count). The second kappa shape index (κ2) is 2.33. The Morgan fingerprint density at radius 1 is 1.17 bits per heavy atom. The van der Waals surface area contributed by atoms with Gasteiger partial charge in [0.05, 0.1) is 0 Å². The molecule has 1 heteroatoms. The first-order valence-corrected chi connectivity index (χ1v) is 5.29. The summed E-state index contributed by atoms with van der Waals surface area (Å²) in [5.74, 6) is 0.882. The van der Waals surface area contributed by atoms with Gasteiger partial charge in [0.15, 0.2) is 0 Å². The molecule has 12 heavy (non-hydrogen) atoms. The van der Waals surface area contributed by atoms with Gasteiger partial charge >= 0.3 is 0 Å². The number of hydrogen-bond acceptors (Lipinski definition) is 1. The monoisotopic (exact) mass is 174 g/mol. The van der Waals surface area contributed by atoms with Crippen molar-refractivity contribution in [1.29, 1.82) is 0 Å². The molecule has 1 heterocycles. The second-order valence-corrected chi connectivity index (χ2v) is 4.38. The largest absolute Gasteiger partial charge is 0.144 e. The summed E-state index contributed by atoms with van der Waals surface area (Å²) in [5.41, 5.74) is 1.59. The van der Waals surface area contributed by atoms with E-state index in [1.807, 2.05) is 11.3 Å². The van der Waals surface area contributed by atoms with Crippen LogP contribution >= 0.6 is 11.3 Å². The smallest absolute Gasteiger partial charge is 0.0377 e. The first-order valence-electron chi connectivity index (χ1n) is 4.41. The van der Waals surface area contributed by atoms with E-state index in [1.165, 1.54) is 22.9 Å². The van der Waals surface area contributed by atoms with Gasteiger partial charge in [0.1, 0.15) is 0 Å². The van der Waals surface area contributed by atoms with Crippen molar-refractivity contribution in [3.05, 3.63) is 35.2 Å². The third-order valence-electron chi connectivity index (χ3n) is 2.53. The van der Waals surface area contributed by atoms with Gasteiger partial charge in [-0.05, 0) is 41.2 Å². The van der Waals surface area contributed by atoms with E-state index in [0.717, 1.165) is 5.92 Å². The van der Waals surface area contributed by atoms with E-state index < -0.39 is 0 Å². The third kappa shape index (κ3) is 0.896. The van der Waals surface area contributed by atoms with Gasteiger partial charge in [0.2, 0.25) is 0 Å². The van der Waals surface area contributed by atoms with Crippen molar-refractivity contribution >= 4 is 21.4 Å². The van der Waals surface area contributed by atoms with Gasteiger partial charge in [-0.3, -0.25) is 0 Å². The molecule has 1 aromatic heterocycles. The van der Waals surface area contributed by atoms with E-state index in [1.54, 1.807) is 5.56 Å². The van der Waals surface area contributed by atoms with E-state index in [0.29, 0.717) is 0 Å². The van der Waals surface area contributed by atoms with Gasteiger partial charge in [-0.1, -0.05) is 18.2 Å². The minimum absolute atomic E-state index is 0.882. The van der Waals surface area contributed by atoms with Crippen LogP contribution < -0.4 is 0 Å². The highest BCUT2D eigenvalue weighted by Crippen LogP contribution is 2.44. The first kappa shape index (κ1) is 6.67. The van der Waals surface area contributed by atoms with E-state index in [9.17, 15) is 0 Å². The van der Waals surface area contributed by atoms with Crippen LogP contribution in [0, 0.1) is 0 Å². The maximum atomic E-state index is 2.29. The Balaban J connectivity index is 2.32. The summed E-state index contributed by atoms with van der Waals surface area (Å²) in [5, 5.41) is 3.61. The van der Waals surface area contributed by atoms with E-state index >= 15 is 0 Å². The van der Waals surface area contributed by atoms with Crippen molar-refractivity contribution in [3.63, 3.8) is 0 Å². The minimum Gasteiger partial charge on any atom is -0.144 e. The SMILES string of the molecule is c1cc(C2CC2)c2sccc2c1. The van der Waals surface area contributed by atoms with Crippen molar-refractivity contribution in [1.82, 2.24) is 0 Å². The van der Waals surface area contributed by atoms with Crippen LogP contribution in [-0.2, 0) is 0 Å².